The van der Waals surface area contributed by atoms with Gasteiger partial charge in [0.05, 0.1) is 0 Å². The first-order valence-electron chi connectivity index (χ1n) is 13.5. The fourth-order valence-electron chi connectivity index (χ4n) is 8.73. The second kappa shape index (κ2) is 8.91. The van der Waals surface area contributed by atoms with Gasteiger partial charge in [-0.05, 0) is 85.0 Å². The summed E-state index contributed by atoms with van der Waals surface area (Å²) >= 11 is 0. The van der Waals surface area contributed by atoms with Crippen LogP contribution in [0.2, 0.25) is 0 Å². The van der Waals surface area contributed by atoms with Crippen molar-refractivity contribution in [3.8, 4) is 0 Å². The van der Waals surface area contributed by atoms with Crippen LogP contribution in [0.5, 0.6) is 0 Å². The predicted octanol–water partition coefficient (Wildman–Crippen LogP) is 7.14. The molecule has 0 aliphatic heterocycles. The highest BCUT2D eigenvalue weighted by atomic mass is 16.5. The van der Waals surface area contributed by atoms with Crippen LogP contribution in [0.3, 0.4) is 0 Å². The Balaban J connectivity index is 1.52. The van der Waals surface area contributed by atoms with E-state index in [0.717, 1.165) is 37.0 Å². The summed E-state index contributed by atoms with van der Waals surface area (Å²) in [6.07, 6.45) is 13.7. The fourth-order valence-corrected chi connectivity index (χ4v) is 8.73. The molecule has 3 heteroatoms. The summed E-state index contributed by atoms with van der Waals surface area (Å²) in [5, 5.41) is 0. The van der Waals surface area contributed by atoms with Gasteiger partial charge >= 0.3 is 5.97 Å². The van der Waals surface area contributed by atoms with Crippen LogP contribution in [-0.2, 0) is 14.3 Å². The number of hydrogen-bond donors (Lipinski definition) is 0. The highest BCUT2D eigenvalue weighted by Crippen LogP contribution is 2.66. The largest absolute Gasteiger partial charge is 0.462 e. The average molecular weight is 443 g/mol. The molecule has 3 fully saturated rings. The van der Waals surface area contributed by atoms with Crippen LogP contribution in [-0.4, -0.2) is 17.9 Å². The summed E-state index contributed by atoms with van der Waals surface area (Å²) in [5.74, 6) is 3.74. The highest BCUT2D eigenvalue weighted by molar-refractivity contribution is 5.94. The minimum atomic E-state index is -0.202. The van der Waals surface area contributed by atoms with Crippen LogP contribution in [0, 0.1) is 46.3 Å². The van der Waals surface area contributed by atoms with E-state index >= 15 is 0 Å². The Morgan fingerprint density at radius 2 is 1.81 bits per heavy atom. The Kier molecular flexibility index (Phi) is 6.69. The molecule has 0 amide bonds. The van der Waals surface area contributed by atoms with E-state index in [9.17, 15) is 9.59 Å². The minimum absolute atomic E-state index is 0.0485. The second-order valence-electron chi connectivity index (χ2n) is 12.7. The molecule has 0 heterocycles. The van der Waals surface area contributed by atoms with Gasteiger partial charge in [0.2, 0.25) is 0 Å². The molecule has 0 radical (unpaired) electrons. The van der Waals surface area contributed by atoms with Crippen molar-refractivity contribution in [1.82, 2.24) is 0 Å². The van der Waals surface area contributed by atoms with E-state index in [0.29, 0.717) is 23.0 Å². The first kappa shape index (κ1) is 24.0. The van der Waals surface area contributed by atoms with Gasteiger partial charge in [-0.15, -0.1) is 0 Å². The molecule has 32 heavy (non-hydrogen) atoms. The lowest BCUT2D eigenvalue weighted by Gasteiger charge is -2.57. The monoisotopic (exact) mass is 442 g/mol. The first-order chi connectivity index (χ1) is 15.1. The number of allylic oxidation sites excluding steroid dienone is 1. The number of fused-ring (bicyclic) bond motifs is 5. The van der Waals surface area contributed by atoms with Crippen molar-refractivity contribution in [3.63, 3.8) is 0 Å². The Morgan fingerprint density at radius 1 is 1.06 bits per heavy atom. The number of esters is 1. The van der Waals surface area contributed by atoms with Crippen LogP contribution in [0.4, 0.5) is 0 Å². The number of ketones is 1. The quantitative estimate of drug-likeness (QED) is 0.411. The SMILES string of the molecule is CC(=O)O[C@H]1CC[C@@]2(C)C(=CC(=O)[C@@H]3[C@H]4CC[C@@H]([C@H](C)CCCC(C)C)[C@@]4(C)CC[C@H]32)C1. The maximum atomic E-state index is 13.6. The summed E-state index contributed by atoms with van der Waals surface area (Å²) in [4.78, 5) is 25.1. The Hall–Kier alpha value is -1.12. The highest BCUT2D eigenvalue weighted by Gasteiger charge is 2.61. The van der Waals surface area contributed by atoms with Gasteiger partial charge in [-0.1, -0.05) is 59.5 Å². The normalized spacial score (nSPS) is 42.0. The van der Waals surface area contributed by atoms with Crippen molar-refractivity contribution >= 4 is 11.8 Å². The predicted molar refractivity (Wildman–Crippen MR) is 129 cm³/mol. The lowest BCUT2D eigenvalue weighted by molar-refractivity contribution is -0.149. The minimum Gasteiger partial charge on any atom is -0.462 e. The van der Waals surface area contributed by atoms with Gasteiger partial charge in [0.25, 0.3) is 0 Å². The molecule has 4 aliphatic rings. The van der Waals surface area contributed by atoms with Crippen LogP contribution in [0.1, 0.15) is 106 Å². The maximum Gasteiger partial charge on any atom is 0.302 e. The molecule has 3 saturated carbocycles. The van der Waals surface area contributed by atoms with E-state index in [1.165, 1.54) is 57.4 Å². The second-order valence-corrected chi connectivity index (χ2v) is 12.7. The molecule has 0 aromatic rings. The van der Waals surface area contributed by atoms with Crippen LogP contribution >= 0.6 is 0 Å². The number of rotatable bonds is 6. The lowest BCUT2D eigenvalue weighted by atomic mass is 9.46. The molecule has 0 unspecified atom stereocenters. The zero-order valence-electron chi connectivity index (χ0n) is 21.4. The molecule has 4 rings (SSSR count). The van der Waals surface area contributed by atoms with Gasteiger partial charge in [-0.25, -0.2) is 0 Å². The van der Waals surface area contributed by atoms with Crippen molar-refractivity contribution < 1.29 is 14.3 Å². The Morgan fingerprint density at radius 3 is 2.50 bits per heavy atom. The number of carbonyl (C=O) groups is 2. The zero-order valence-corrected chi connectivity index (χ0v) is 21.4. The molecule has 180 valence electrons. The lowest BCUT2D eigenvalue weighted by Crippen LogP contribution is -2.53. The fraction of sp³-hybridized carbons (Fsp3) is 0.862. The van der Waals surface area contributed by atoms with E-state index in [1.807, 2.05) is 6.08 Å². The van der Waals surface area contributed by atoms with Gasteiger partial charge in [-0.2, -0.15) is 0 Å². The molecular weight excluding hydrogens is 396 g/mol. The molecule has 0 N–H and O–H groups in total. The van der Waals surface area contributed by atoms with E-state index in [1.54, 1.807) is 0 Å². The van der Waals surface area contributed by atoms with Gasteiger partial charge in [0.15, 0.2) is 5.78 Å². The topological polar surface area (TPSA) is 43.4 Å². The van der Waals surface area contributed by atoms with E-state index < -0.39 is 0 Å². The molecule has 0 saturated heterocycles. The van der Waals surface area contributed by atoms with Crippen molar-refractivity contribution in [3.05, 3.63) is 11.6 Å². The Bertz CT molecular complexity index is 766. The van der Waals surface area contributed by atoms with Crippen LogP contribution in [0.15, 0.2) is 11.6 Å². The molecule has 0 spiro atoms. The van der Waals surface area contributed by atoms with Gasteiger partial charge in [0, 0.05) is 19.3 Å². The molecule has 3 nitrogen and oxygen atoms in total. The molecule has 8 atom stereocenters. The number of carbonyl (C=O) groups excluding carboxylic acids is 2. The number of ether oxygens (including phenoxy) is 1. The van der Waals surface area contributed by atoms with E-state index in [4.69, 9.17) is 4.74 Å². The zero-order chi connectivity index (χ0) is 23.3. The molecular formula is C29H46O3. The summed E-state index contributed by atoms with van der Waals surface area (Å²) in [6.45, 7) is 13.6. The van der Waals surface area contributed by atoms with E-state index in [2.05, 4.69) is 34.6 Å². The first-order valence-corrected chi connectivity index (χ1v) is 13.5. The van der Waals surface area contributed by atoms with Crippen molar-refractivity contribution in [2.75, 3.05) is 0 Å². The van der Waals surface area contributed by atoms with Crippen LogP contribution in [0.25, 0.3) is 0 Å². The van der Waals surface area contributed by atoms with Gasteiger partial charge < -0.3 is 4.74 Å². The van der Waals surface area contributed by atoms with E-state index in [-0.39, 0.29) is 23.4 Å². The summed E-state index contributed by atoms with van der Waals surface area (Å²) in [7, 11) is 0. The third-order valence-electron chi connectivity index (χ3n) is 10.4. The van der Waals surface area contributed by atoms with Gasteiger partial charge in [0.1, 0.15) is 6.10 Å². The molecule has 0 aromatic heterocycles. The van der Waals surface area contributed by atoms with Gasteiger partial charge in [-0.3, -0.25) is 9.59 Å². The average Bonchev–Trinajstić information content (AvgIpc) is 3.05. The maximum absolute atomic E-state index is 13.6. The summed E-state index contributed by atoms with van der Waals surface area (Å²) in [6, 6.07) is 0. The van der Waals surface area contributed by atoms with Crippen molar-refractivity contribution in [2.24, 2.45) is 46.3 Å². The molecule has 0 bridgehead atoms. The third kappa shape index (κ3) is 4.11. The third-order valence-corrected chi connectivity index (χ3v) is 10.4. The van der Waals surface area contributed by atoms with Crippen molar-refractivity contribution in [1.29, 1.82) is 0 Å². The molecule has 0 aromatic carbocycles. The standard InChI is InChI=1S/C29H46O3/c1-18(2)8-7-9-19(3)23-10-11-24-27-25(13-15-29(23,24)6)28(5)14-12-22(32-20(4)30)16-21(28)17-26(27)31/h17-19,22-25,27H,7-16H2,1-6H3/t19-,22+,23+,24-,25-,27-,28+,29-/m1/s1. The smallest absolute Gasteiger partial charge is 0.302 e. The summed E-state index contributed by atoms with van der Waals surface area (Å²) < 4.78 is 5.54. The summed E-state index contributed by atoms with van der Waals surface area (Å²) in [5.41, 5.74) is 1.70. The molecule has 4 aliphatic carbocycles. The van der Waals surface area contributed by atoms with Crippen LogP contribution < -0.4 is 0 Å². The van der Waals surface area contributed by atoms with Crippen molar-refractivity contribution in [2.45, 2.75) is 112 Å². The number of hydrogen-bond acceptors (Lipinski definition) is 3. The Labute approximate surface area is 196 Å².